The first kappa shape index (κ1) is 17.7. The van der Waals surface area contributed by atoms with E-state index in [-0.39, 0.29) is 11.9 Å². The van der Waals surface area contributed by atoms with Crippen LogP contribution in [0.5, 0.6) is 0 Å². The minimum absolute atomic E-state index is 0.00400. The van der Waals surface area contributed by atoms with Gasteiger partial charge in [0.25, 0.3) is 5.91 Å². The average Bonchev–Trinajstić information content (AvgIpc) is 2.60. The van der Waals surface area contributed by atoms with Crippen LogP contribution in [0.25, 0.3) is 0 Å². The summed E-state index contributed by atoms with van der Waals surface area (Å²) in [5, 5.41) is 7.17. The van der Waals surface area contributed by atoms with Gasteiger partial charge in [0.2, 0.25) is 0 Å². The molecule has 2 rings (SSSR count). The molecule has 1 aliphatic rings. The molecule has 0 unspecified atom stereocenters. The lowest BCUT2D eigenvalue weighted by Gasteiger charge is -2.34. The number of carbonyl (C=O) groups excluding carboxylic acids is 1. The van der Waals surface area contributed by atoms with Crippen molar-refractivity contribution in [3.8, 4) is 0 Å². The predicted molar refractivity (Wildman–Crippen MR) is 95.6 cm³/mol. The fourth-order valence-electron chi connectivity index (χ4n) is 2.61. The zero-order valence-electron chi connectivity index (χ0n) is 13.6. The largest absolute Gasteiger partial charge is 0.385 e. The highest BCUT2D eigenvalue weighted by Gasteiger charge is 2.22. The number of piperidine rings is 1. The van der Waals surface area contributed by atoms with E-state index in [4.69, 9.17) is 17.0 Å². The van der Waals surface area contributed by atoms with Crippen LogP contribution in [0.1, 0.15) is 29.6 Å². The number of methoxy groups -OCH3 is 1. The lowest BCUT2D eigenvalue weighted by Crippen LogP contribution is -2.49. The van der Waals surface area contributed by atoms with Crippen LogP contribution in [-0.4, -0.2) is 55.3 Å². The van der Waals surface area contributed by atoms with Crippen molar-refractivity contribution in [2.24, 2.45) is 0 Å². The second kappa shape index (κ2) is 9.47. The number of hydrogen-bond donors (Lipinski definition) is 2. The first-order valence-corrected chi connectivity index (χ1v) is 8.49. The number of ether oxygens (including phenoxy) is 1. The molecule has 0 saturated carbocycles. The van der Waals surface area contributed by atoms with Crippen LogP contribution < -0.4 is 10.6 Å². The average molecular weight is 335 g/mol. The fourth-order valence-corrected chi connectivity index (χ4v) is 2.89. The maximum atomic E-state index is 12.2. The number of hydrogen-bond acceptors (Lipinski definition) is 3. The molecular formula is C17H25N3O2S. The van der Waals surface area contributed by atoms with Crippen LogP contribution >= 0.6 is 12.2 Å². The second-order valence-electron chi connectivity index (χ2n) is 5.68. The van der Waals surface area contributed by atoms with Crippen LogP contribution in [0.3, 0.4) is 0 Å². The Kier molecular flexibility index (Phi) is 7.29. The molecule has 1 aromatic rings. The lowest BCUT2D eigenvalue weighted by atomic mass is 10.0. The van der Waals surface area contributed by atoms with Crippen molar-refractivity contribution in [3.05, 3.63) is 35.9 Å². The van der Waals surface area contributed by atoms with E-state index in [1.165, 1.54) is 0 Å². The van der Waals surface area contributed by atoms with E-state index >= 15 is 0 Å². The molecule has 23 heavy (non-hydrogen) atoms. The molecule has 1 aliphatic heterocycles. The minimum atomic E-state index is 0.00400. The smallest absolute Gasteiger partial charge is 0.251 e. The Morgan fingerprint density at radius 1 is 1.30 bits per heavy atom. The summed E-state index contributed by atoms with van der Waals surface area (Å²) in [6, 6.07) is 9.56. The highest BCUT2D eigenvalue weighted by molar-refractivity contribution is 7.80. The Morgan fingerprint density at radius 3 is 2.65 bits per heavy atom. The van der Waals surface area contributed by atoms with Crippen molar-refractivity contribution in [3.63, 3.8) is 0 Å². The van der Waals surface area contributed by atoms with Gasteiger partial charge >= 0.3 is 0 Å². The summed E-state index contributed by atoms with van der Waals surface area (Å²) in [4.78, 5) is 14.3. The standard InChI is InChI=1S/C17H25N3O2S/c1-22-13-5-10-18-17(23)20-11-8-15(9-12-20)19-16(21)14-6-3-2-4-7-14/h2-4,6-7,15H,5,8-13H2,1H3,(H,18,23)(H,19,21). The monoisotopic (exact) mass is 335 g/mol. The molecule has 1 amide bonds. The summed E-state index contributed by atoms with van der Waals surface area (Å²) >= 11 is 5.41. The van der Waals surface area contributed by atoms with Gasteiger partial charge in [0.1, 0.15) is 0 Å². The Balaban J connectivity index is 1.69. The van der Waals surface area contributed by atoms with Gasteiger partial charge in [-0.05, 0) is 43.6 Å². The topological polar surface area (TPSA) is 53.6 Å². The Morgan fingerprint density at radius 2 is 2.00 bits per heavy atom. The second-order valence-corrected chi connectivity index (χ2v) is 6.07. The fraction of sp³-hybridized carbons (Fsp3) is 0.529. The number of nitrogens with one attached hydrogen (secondary N) is 2. The first-order chi connectivity index (χ1) is 11.2. The predicted octanol–water partition coefficient (Wildman–Crippen LogP) is 1.79. The van der Waals surface area contributed by atoms with Gasteiger partial charge in [-0.2, -0.15) is 0 Å². The number of benzene rings is 1. The van der Waals surface area contributed by atoms with Gasteiger partial charge in [-0.1, -0.05) is 18.2 Å². The summed E-state index contributed by atoms with van der Waals surface area (Å²) in [6.07, 6.45) is 2.77. The molecule has 6 heteroatoms. The van der Waals surface area contributed by atoms with Gasteiger partial charge in [0, 0.05) is 45.0 Å². The normalized spacial score (nSPS) is 15.3. The van der Waals surface area contributed by atoms with Crippen molar-refractivity contribution in [1.29, 1.82) is 0 Å². The molecule has 5 nitrogen and oxygen atoms in total. The third-order valence-electron chi connectivity index (χ3n) is 3.95. The molecule has 0 spiro atoms. The zero-order chi connectivity index (χ0) is 16.5. The summed E-state index contributed by atoms with van der Waals surface area (Å²) < 4.78 is 5.02. The molecule has 0 atom stereocenters. The molecule has 1 fully saturated rings. The molecule has 0 aliphatic carbocycles. The van der Waals surface area contributed by atoms with E-state index in [1.54, 1.807) is 7.11 Å². The third-order valence-corrected chi connectivity index (χ3v) is 4.36. The van der Waals surface area contributed by atoms with E-state index in [0.717, 1.165) is 50.6 Å². The number of likely N-dealkylation sites (tertiary alicyclic amines) is 1. The summed E-state index contributed by atoms with van der Waals surface area (Å²) in [7, 11) is 1.70. The van der Waals surface area contributed by atoms with Crippen molar-refractivity contribution in [2.75, 3.05) is 33.4 Å². The van der Waals surface area contributed by atoms with Gasteiger partial charge < -0.3 is 20.3 Å². The van der Waals surface area contributed by atoms with Gasteiger partial charge in [-0.15, -0.1) is 0 Å². The lowest BCUT2D eigenvalue weighted by molar-refractivity contribution is 0.0922. The van der Waals surface area contributed by atoms with E-state index in [1.807, 2.05) is 30.3 Å². The maximum absolute atomic E-state index is 12.2. The molecule has 1 heterocycles. The molecule has 2 N–H and O–H groups in total. The van der Waals surface area contributed by atoms with E-state index in [0.29, 0.717) is 5.56 Å². The molecule has 0 aromatic heterocycles. The summed E-state index contributed by atoms with van der Waals surface area (Å²) in [6.45, 7) is 3.31. The molecule has 1 saturated heterocycles. The zero-order valence-corrected chi connectivity index (χ0v) is 14.4. The van der Waals surface area contributed by atoms with Gasteiger partial charge in [0.15, 0.2) is 5.11 Å². The van der Waals surface area contributed by atoms with Gasteiger partial charge in [0.05, 0.1) is 0 Å². The number of thiocarbonyl (C=S) groups is 1. The van der Waals surface area contributed by atoms with E-state index in [9.17, 15) is 4.79 Å². The van der Waals surface area contributed by atoms with Crippen LogP contribution in [0.15, 0.2) is 30.3 Å². The van der Waals surface area contributed by atoms with Crippen molar-refractivity contribution >= 4 is 23.2 Å². The minimum Gasteiger partial charge on any atom is -0.385 e. The third kappa shape index (κ3) is 5.80. The Hall–Kier alpha value is -1.66. The highest BCUT2D eigenvalue weighted by Crippen LogP contribution is 2.11. The van der Waals surface area contributed by atoms with E-state index in [2.05, 4.69) is 15.5 Å². The van der Waals surface area contributed by atoms with Crippen LogP contribution in [0.4, 0.5) is 0 Å². The Bertz CT molecular complexity index is 502. The molecule has 0 bridgehead atoms. The highest BCUT2D eigenvalue weighted by atomic mass is 32.1. The van der Waals surface area contributed by atoms with Crippen LogP contribution in [0.2, 0.25) is 0 Å². The number of amides is 1. The SMILES string of the molecule is COCCCNC(=S)N1CCC(NC(=O)c2ccccc2)CC1. The maximum Gasteiger partial charge on any atom is 0.251 e. The van der Waals surface area contributed by atoms with Crippen molar-refractivity contribution in [2.45, 2.75) is 25.3 Å². The molecule has 1 aromatic carbocycles. The Labute approximate surface area is 143 Å². The summed E-state index contributed by atoms with van der Waals surface area (Å²) in [5.74, 6) is 0.00400. The van der Waals surface area contributed by atoms with Gasteiger partial charge in [-0.3, -0.25) is 4.79 Å². The number of rotatable bonds is 6. The molecule has 0 radical (unpaired) electrons. The van der Waals surface area contributed by atoms with Gasteiger partial charge in [-0.25, -0.2) is 0 Å². The summed E-state index contributed by atoms with van der Waals surface area (Å²) in [5.41, 5.74) is 0.713. The molecular weight excluding hydrogens is 310 g/mol. The van der Waals surface area contributed by atoms with Crippen molar-refractivity contribution < 1.29 is 9.53 Å². The quantitative estimate of drug-likeness (QED) is 0.613. The van der Waals surface area contributed by atoms with Crippen LogP contribution in [0, 0.1) is 0 Å². The molecule has 126 valence electrons. The number of nitrogens with zero attached hydrogens (tertiary/aromatic N) is 1. The van der Waals surface area contributed by atoms with E-state index < -0.39 is 0 Å². The first-order valence-electron chi connectivity index (χ1n) is 8.08. The van der Waals surface area contributed by atoms with Crippen LogP contribution in [-0.2, 0) is 4.74 Å². The number of carbonyl (C=O) groups is 1. The van der Waals surface area contributed by atoms with Crippen molar-refractivity contribution in [1.82, 2.24) is 15.5 Å².